The first-order chi connectivity index (χ1) is 8.51. The first-order valence-corrected chi connectivity index (χ1v) is 7.95. The van der Waals surface area contributed by atoms with Gasteiger partial charge in [-0.15, -0.1) is 0 Å². The van der Waals surface area contributed by atoms with E-state index in [1.807, 2.05) is 19.1 Å². The number of hydrogen-bond donors (Lipinski definition) is 1. The molecule has 2 nitrogen and oxygen atoms in total. The van der Waals surface area contributed by atoms with Gasteiger partial charge < -0.3 is 5.73 Å². The Bertz CT molecular complexity index is 417. The number of rotatable bonds is 6. The van der Waals surface area contributed by atoms with Crippen molar-refractivity contribution in [3.63, 3.8) is 0 Å². The summed E-state index contributed by atoms with van der Waals surface area (Å²) in [5.41, 5.74) is 8.48. The summed E-state index contributed by atoms with van der Waals surface area (Å²) in [4.78, 5) is 0.944. The van der Waals surface area contributed by atoms with Gasteiger partial charge in [-0.05, 0) is 38.3 Å². The van der Waals surface area contributed by atoms with Crippen molar-refractivity contribution in [1.82, 2.24) is 0 Å². The molecule has 0 heterocycles. The molecule has 0 aliphatic carbocycles. The molecule has 3 heteroatoms. The SMILES string of the molecule is CCCC(N)C(CC)S(=O)c1ccc(C)cc1C. The van der Waals surface area contributed by atoms with E-state index >= 15 is 0 Å². The molecule has 18 heavy (non-hydrogen) atoms. The fraction of sp³-hybridized carbons (Fsp3) is 0.600. The van der Waals surface area contributed by atoms with Gasteiger partial charge in [-0.1, -0.05) is 38.0 Å². The Morgan fingerprint density at radius 3 is 2.44 bits per heavy atom. The second kappa shape index (κ2) is 7.05. The summed E-state index contributed by atoms with van der Waals surface area (Å²) >= 11 is 0. The lowest BCUT2D eigenvalue weighted by Crippen LogP contribution is -2.37. The van der Waals surface area contributed by atoms with Gasteiger partial charge in [0, 0.05) is 10.9 Å². The van der Waals surface area contributed by atoms with Gasteiger partial charge in [0.05, 0.1) is 16.0 Å². The van der Waals surface area contributed by atoms with Crippen molar-refractivity contribution in [3.8, 4) is 0 Å². The van der Waals surface area contributed by atoms with Gasteiger partial charge >= 0.3 is 0 Å². The maximum atomic E-state index is 12.7. The van der Waals surface area contributed by atoms with Gasteiger partial charge in [0.25, 0.3) is 0 Å². The molecule has 102 valence electrons. The lowest BCUT2D eigenvalue weighted by Gasteiger charge is -2.22. The third kappa shape index (κ3) is 3.66. The summed E-state index contributed by atoms with van der Waals surface area (Å²) in [5.74, 6) is 0. The second-order valence-corrected chi connectivity index (χ2v) is 6.61. The van der Waals surface area contributed by atoms with E-state index in [2.05, 4.69) is 26.8 Å². The van der Waals surface area contributed by atoms with Crippen LogP contribution < -0.4 is 5.73 Å². The number of nitrogens with two attached hydrogens (primary N) is 1. The van der Waals surface area contributed by atoms with Gasteiger partial charge in [-0.3, -0.25) is 4.21 Å². The van der Waals surface area contributed by atoms with E-state index in [0.29, 0.717) is 0 Å². The summed E-state index contributed by atoms with van der Waals surface area (Å²) in [5, 5.41) is 0.0614. The van der Waals surface area contributed by atoms with Crippen LogP contribution in [-0.2, 0) is 10.8 Å². The largest absolute Gasteiger partial charge is 0.327 e. The minimum absolute atomic E-state index is 0.0292. The topological polar surface area (TPSA) is 43.1 Å². The Kier molecular flexibility index (Phi) is 6.03. The molecule has 0 bridgehead atoms. The van der Waals surface area contributed by atoms with E-state index in [4.69, 9.17) is 5.73 Å². The van der Waals surface area contributed by atoms with Crippen LogP contribution in [0.25, 0.3) is 0 Å². The zero-order chi connectivity index (χ0) is 13.7. The molecule has 3 atom stereocenters. The fourth-order valence-electron chi connectivity index (χ4n) is 2.32. The first kappa shape index (κ1) is 15.4. The predicted molar refractivity (Wildman–Crippen MR) is 79.3 cm³/mol. The van der Waals surface area contributed by atoms with Crippen LogP contribution in [0.5, 0.6) is 0 Å². The monoisotopic (exact) mass is 267 g/mol. The molecule has 1 rings (SSSR count). The van der Waals surface area contributed by atoms with Crippen molar-refractivity contribution in [2.45, 2.75) is 63.1 Å². The molecular weight excluding hydrogens is 242 g/mol. The van der Waals surface area contributed by atoms with Gasteiger partial charge in [-0.25, -0.2) is 0 Å². The molecule has 1 aromatic carbocycles. The Morgan fingerprint density at radius 2 is 1.94 bits per heavy atom. The molecule has 1 aromatic rings. The highest BCUT2D eigenvalue weighted by atomic mass is 32.2. The number of aryl methyl sites for hydroxylation is 2. The maximum absolute atomic E-state index is 12.7. The Hall–Kier alpha value is -0.670. The third-order valence-electron chi connectivity index (χ3n) is 3.32. The van der Waals surface area contributed by atoms with Gasteiger partial charge in [0.2, 0.25) is 0 Å². The molecule has 0 radical (unpaired) electrons. The molecular formula is C15H25NOS. The van der Waals surface area contributed by atoms with Crippen LogP contribution in [0.15, 0.2) is 23.1 Å². The molecule has 0 saturated carbocycles. The maximum Gasteiger partial charge on any atom is 0.0579 e. The molecule has 0 aliphatic heterocycles. The van der Waals surface area contributed by atoms with Crippen LogP contribution in [0.3, 0.4) is 0 Å². The minimum Gasteiger partial charge on any atom is -0.327 e. The standard InChI is InChI=1S/C15H25NOS/c1-5-7-13(16)14(6-2)18(17)15-9-8-11(3)10-12(15)4/h8-10,13-14H,5-7,16H2,1-4H3. The molecule has 0 saturated heterocycles. The highest BCUT2D eigenvalue weighted by molar-refractivity contribution is 7.85. The van der Waals surface area contributed by atoms with Crippen LogP contribution in [0.4, 0.5) is 0 Å². The van der Waals surface area contributed by atoms with E-state index in [9.17, 15) is 4.21 Å². The van der Waals surface area contributed by atoms with Crippen LogP contribution in [0, 0.1) is 13.8 Å². The summed E-state index contributed by atoms with van der Waals surface area (Å²) in [6, 6.07) is 6.13. The van der Waals surface area contributed by atoms with E-state index in [1.54, 1.807) is 0 Å². The lowest BCUT2D eigenvalue weighted by molar-refractivity contribution is 0.549. The summed E-state index contributed by atoms with van der Waals surface area (Å²) < 4.78 is 12.7. The van der Waals surface area contributed by atoms with Crippen molar-refractivity contribution in [1.29, 1.82) is 0 Å². The van der Waals surface area contributed by atoms with Gasteiger partial charge in [0.1, 0.15) is 0 Å². The highest BCUT2D eigenvalue weighted by Gasteiger charge is 2.24. The molecule has 0 amide bonds. The van der Waals surface area contributed by atoms with Crippen molar-refractivity contribution < 1.29 is 4.21 Å². The molecule has 2 N–H and O–H groups in total. The van der Waals surface area contributed by atoms with Crippen LogP contribution in [0.2, 0.25) is 0 Å². The van der Waals surface area contributed by atoms with Crippen molar-refractivity contribution in [2.75, 3.05) is 0 Å². The summed E-state index contributed by atoms with van der Waals surface area (Å²) in [6.45, 7) is 8.27. The third-order valence-corrected chi connectivity index (χ3v) is 5.45. The Labute approximate surface area is 113 Å². The molecule has 0 fully saturated rings. The lowest BCUT2D eigenvalue weighted by atomic mass is 10.1. The van der Waals surface area contributed by atoms with Crippen molar-refractivity contribution >= 4 is 10.8 Å². The first-order valence-electron chi connectivity index (χ1n) is 6.74. The number of benzene rings is 1. The quantitative estimate of drug-likeness (QED) is 0.859. The molecule has 0 aromatic heterocycles. The van der Waals surface area contributed by atoms with Crippen molar-refractivity contribution in [3.05, 3.63) is 29.3 Å². The van der Waals surface area contributed by atoms with Gasteiger partial charge in [0.15, 0.2) is 0 Å². The Morgan fingerprint density at radius 1 is 1.28 bits per heavy atom. The smallest absolute Gasteiger partial charge is 0.0579 e. The molecule has 0 aliphatic rings. The van der Waals surface area contributed by atoms with Crippen LogP contribution in [-0.4, -0.2) is 15.5 Å². The zero-order valence-corrected chi connectivity index (χ0v) is 12.7. The van der Waals surface area contributed by atoms with Gasteiger partial charge in [-0.2, -0.15) is 0 Å². The Balaban J connectivity index is 2.96. The number of hydrogen-bond acceptors (Lipinski definition) is 2. The van der Waals surface area contributed by atoms with Crippen molar-refractivity contribution in [2.24, 2.45) is 5.73 Å². The second-order valence-electron chi connectivity index (χ2n) is 4.97. The van der Waals surface area contributed by atoms with E-state index in [1.165, 1.54) is 5.56 Å². The highest BCUT2D eigenvalue weighted by Crippen LogP contribution is 2.22. The predicted octanol–water partition coefficient (Wildman–Crippen LogP) is 3.32. The van der Waals surface area contributed by atoms with Crippen LogP contribution >= 0.6 is 0 Å². The van der Waals surface area contributed by atoms with E-state index < -0.39 is 10.8 Å². The summed E-state index contributed by atoms with van der Waals surface area (Å²) in [7, 11) is -0.998. The zero-order valence-electron chi connectivity index (χ0n) is 11.9. The summed E-state index contributed by atoms with van der Waals surface area (Å²) in [6.07, 6.45) is 2.85. The average molecular weight is 267 g/mol. The van der Waals surface area contributed by atoms with E-state index in [0.717, 1.165) is 29.7 Å². The average Bonchev–Trinajstić information content (AvgIpc) is 2.29. The molecule has 3 unspecified atom stereocenters. The van der Waals surface area contributed by atoms with Crippen LogP contribution in [0.1, 0.15) is 44.2 Å². The normalized spacial score (nSPS) is 16.3. The van der Waals surface area contributed by atoms with E-state index in [-0.39, 0.29) is 11.3 Å². The molecule has 0 spiro atoms. The minimum atomic E-state index is -0.998. The fourth-order valence-corrected chi connectivity index (χ4v) is 3.98.